The van der Waals surface area contributed by atoms with Crippen LogP contribution in [0.25, 0.3) is 0 Å². The smallest absolute Gasteiger partial charge is 0.119 e. The van der Waals surface area contributed by atoms with Crippen LogP contribution in [0.1, 0.15) is 31.2 Å². The van der Waals surface area contributed by atoms with Crippen molar-refractivity contribution in [3.05, 3.63) is 29.8 Å². The topological polar surface area (TPSA) is 56.5 Å². The minimum atomic E-state index is -0.200. The molecule has 2 rings (SSSR count). The average molecular weight is 288 g/mol. The van der Waals surface area contributed by atoms with E-state index in [0.717, 1.165) is 37.1 Å². The van der Waals surface area contributed by atoms with Crippen LogP contribution in [0.2, 0.25) is 0 Å². The van der Waals surface area contributed by atoms with Gasteiger partial charge in [0, 0.05) is 12.6 Å². The maximum atomic E-state index is 10.0. The van der Waals surface area contributed by atoms with Crippen LogP contribution < -0.4 is 4.74 Å². The monoisotopic (exact) mass is 288 g/mol. The van der Waals surface area contributed by atoms with Crippen LogP contribution in [0, 0.1) is 11.3 Å². The molecule has 2 unspecified atom stereocenters. The summed E-state index contributed by atoms with van der Waals surface area (Å²) in [5, 5.41) is 18.7. The molecule has 1 aliphatic rings. The summed E-state index contributed by atoms with van der Waals surface area (Å²) in [5.41, 5.74) is 1.01. The third-order valence-electron chi connectivity index (χ3n) is 4.18. The molecule has 114 valence electrons. The van der Waals surface area contributed by atoms with Crippen LogP contribution in [-0.2, 0) is 6.42 Å². The summed E-state index contributed by atoms with van der Waals surface area (Å²) < 4.78 is 5.73. The van der Waals surface area contributed by atoms with Crippen molar-refractivity contribution < 1.29 is 9.84 Å². The van der Waals surface area contributed by atoms with E-state index in [1.165, 1.54) is 6.42 Å². The summed E-state index contributed by atoms with van der Waals surface area (Å²) in [6.45, 7) is 1.42. The largest absolute Gasteiger partial charge is 0.492 e. The Balaban J connectivity index is 1.74. The molecule has 1 N–H and O–H groups in total. The summed E-state index contributed by atoms with van der Waals surface area (Å²) >= 11 is 0. The molecule has 1 aromatic rings. The van der Waals surface area contributed by atoms with Crippen molar-refractivity contribution in [2.24, 2.45) is 0 Å². The lowest BCUT2D eigenvalue weighted by Crippen LogP contribution is -2.44. The summed E-state index contributed by atoms with van der Waals surface area (Å²) in [4.78, 5) is 2.20. The molecule has 21 heavy (non-hydrogen) atoms. The van der Waals surface area contributed by atoms with Gasteiger partial charge in [-0.3, -0.25) is 4.90 Å². The van der Waals surface area contributed by atoms with Gasteiger partial charge in [0.05, 0.1) is 18.6 Å². The number of likely N-dealkylation sites (N-methyl/N-ethyl adjacent to an activating group) is 1. The molecular formula is C17H24N2O2. The van der Waals surface area contributed by atoms with Gasteiger partial charge in [-0.2, -0.15) is 5.26 Å². The molecule has 0 radical (unpaired) electrons. The standard InChI is InChI=1S/C17H24N2O2/c1-19(16-4-2-3-5-17(16)20)12-13-21-15-8-6-14(7-9-15)10-11-18/h6-9,16-17,20H,2-5,10,12-13H2,1H3. The Morgan fingerprint density at radius 1 is 1.29 bits per heavy atom. The highest BCUT2D eigenvalue weighted by Crippen LogP contribution is 2.22. The van der Waals surface area contributed by atoms with Gasteiger partial charge in [-0.1, -0.05) is 25.0 Å². The number of ether oxygens (including phenoxy) is 1. The molecule has 2 atom stereocenters. The van der Waals surface area contributed by atoms with E-state index >= 15 is 0 Å². The molecule has 0 aliphatic heterocycles. The first kappa shape index (κ1) is 15.8. The third-order valence-corrected chi connectivity index (χ3v) is 4.18. The Kier molecular flexibility index (Phi) is 6.04. The van der Waals surface area contributed by atoms with Gasteiger partial charge >= 0.3 is 0 Å². The first-order valence-electron chi connectivity index (χ1n) is 7.67. The maximum Gasteiger partial charge on any atom is 0.119 e. The van der Waals surface area contributed by atoms with Crippen LogP contribution in [0.3, 0.4) is 0 Å². The van der Waals surface area contributed by atoms with E-state index in [1.54, 1.807) is 0 Å². The number of benzene rings is 1. The van der Waals surface area contributed by atoms with Crippen molar-refractivity contribution in [2.45, 2.75) is 44.2 Å². The van der Waals surface area contributed by atoms with Crippen LogP contribution in [0.4, 0.5) is 0 Å². The Labute approximate surface area is 127 Å². The van der Waals surface area contributed by atoms with Crippen LogP contribution in [-0.4, -0.2) is 42.4 Å². The molecule has 0 saturated heterocycles. The second kappa shape index (κ2) is 8.02. The summed E-state index contributed by atoms with van der Waals surface area (Å²) in [6, 6.07) is 10.1. The third kappa shape index (κ3) is 4.73. The van der Waals surface area contributed by atoms with Crippen molar-refractivity contribution in [2.75, 3.05) is 20.2 Å². The SMILES string of the molecule is CN(CCOc1ccc(CC#N)cc1)C1CCCCC1O. The van der Waals surface area contributed by atoms with E-state index in [9.17, 15) is 5.11 Å². The van der Waals surface area contributed by atoms with Gasteiger partial charge in [-0.25, -0.2) is 0 Å². The first-order valence-corrected chi connectivity index (χ1v) is 7.67. The molecule has 0 spiro atoms. The number of rotatable bonds is 6. The zero-order valence-electron chi connectivity index (χ0n) is 12.7. The quantitative estimate of drug-likeness (QED) is 0.873. The van der Waals surface area contributed by atoms with E-state index in [2.05, 4.69) is 18.0 Å². The van der Waals surface area contributed by atoms with Gasteiger partial charge in [0.2, 0.25) is 0 Å². The lowest BCUT2D eigenvalue weighted by Gasteiger charge is -2.35. The lowest BCUT2D eigenvalue weighted by molar-refractivity contribution is 0.0272. The number of aliphatic hydroxyl groups is 1. The van der Waals surface area contributed by atoms with E-state index < -0.39 is 0 Å². The molecule has 1 fully saturated rings. The van der Waals surface area contributed by atoms with Gasteiger partial charge in [0.1, 0.15) is 12.4 Å². The number of nitriles is 1. The van der Waals surface area contributed by atoms with E-state index in [0.29, 0.717) is 13.0 Å². The second-order valence-electron chi connectivity index (χ2n) is 5.73. The van der Waals surface area contributed by atoms with Crippen LogP contribution >= 0.6 is 0 Å². The fraction of sp³-hybridized carbons (Fsp3) is 0.588. The molecule has 1 aromatic carbocycles. The molecule has 0 bridgehead atoms. The van der Waals surface area contributed by atoms with Gasteiger partial charge in [0.15, 0.2) is 0 Å². The van der Waals surface area contributed by atoms with Crippen molar-refractivity contribution in [1.29, 1.82) is 5.26 Å². The van der Waals surface area contributed by atoms with Crippen molar-refractivity contribution in [3.63, 3.8) is 0 Å². The van der Waals surface area contributed by atoms with Crippen LogP contribution in [0.15, 0.2) is 24.3 Å². The molecule has 0 heterocycles. The van der Waals surface area contributed by atoms with Gasteiger partial charge < -0.3 is 9.84 Å². The number of hydrogen-bond acceptors (Lipinski definition) is 4. The van der Waals surface area contributed by atoms with E-state index in [4.69, 9.17) is 10.00 Å². The number of aliphatic hydroxyl groups excluding tert-OH is 1. The Morgan fingerprint density at radius 2 is 2.00 bits per heavy atom. The molecule has 1 saturated carbocycles. The summed E-state index contributed by atoms with van der Waals surface area (Å²) in [7, 11) is 2.05. The second-order valence-corrected chi connectivity index (χ2v) is 5.73. The van der Waals surface area contributed by atoms with Crippen LogP contribution in [0.5, 0.6) is 5.75 Å². The van der Waals surface area contributed by atoms with Crippen molar-refractivity contribution in [1.82, 2.24) is 4.90 Å². The lowest BCUT2D eigenvalue weighted by atomic mass is 9.92. The van der Waals surface area contributed by atoms with Gasteiger partial charge in [-0.15, -0.1) is 0 Å². The average Bonchev–Trinajstić information content (AvgIpc) is 2.49. The van der Waals surface area contributed by atoms with Gasteiger partial charge in [0.25, 0.3) is 0 Å². The summed E-state index contributed by atoms with van der Waals surface area (Å²) in [5.74, 6) is 0.828. The Morgan fingerprint density at radius 3 is 2.67 bits per heavy atom. The minimum absolute atomic E-state index is 0.200. The predicted molar refractivity (Wildman–Crippen MR) is 82.1 cm³/mol. The number of hydrogen-bond donors (Lipinski definition) is 1. The first-order chi connectivity index (χ1) is 10.2. The zero-order chi connectivity index (χ0) is 15.1. The molecular weight excluding hydrogens is 264 g/mol. The Hall–Kier alpha value is -1.57. The zero-order valence-corrected chi connectivity index (χ0v) is 12.7. The van der Waals surface area contributed by atoms with Crippen molar-refractivity contribution >= 4 is 0 Å². The minimum Gasteiger partial charge on any atom is -0.492 e. The molecule has 0 aromatic heterocycles. The van der Waals surface area contributed by atoms with Crippen molar-refractivity contribution in [3.8, 4) is 11.8 Å². The summed E-state index contributed by atoms with van der Waals surface area (Å²) in [6.07, 6.45) is 4.55. The molecule has 4 nitrogen and oxygen atoms in total. The molecule has 4 heteroatoms. The number of nitrogens with zero attached hydrogens (tertiary/aromatic N) is 2. The van der Waals surface area contributed by atoms with E-state index in [1.807, 2.05) is 24.3 Å². The highest BCUT2D eigenvalue weighted by molar-refractivity contribution is 5.28. The van der Waals surface area contributed by atoms with Gasteiger partial charge in [-0.05, 0) is 37.6 Å². The highest BCUT2D eigenvalue weighted by Gasteiger charge is 2.26. The highest BCUT2D eigenvalue weighted by atomic mass is 16.5. The fourth-order valence-corrected chi connectivity index (χ4v) is 2.87. The van der Waals surface area contributed by atoms with E-state index in [-0.39, 0.29) is 12.1 Å². The normalized spacial score (nSPS) is 22.0. The molecule has 0 amide bonds. The maximum absolute atomic E-state index is 10.0. The molecule has 1 aliphatic carbocycles. The predicted octanol–water partition coefficient (Wildman–Crippen LogP) is 2.37. The Bertz CT molecular complexity index is 467. The fourth-order valence-electron chi connectivity index (χ4n) is 2.87.